The van der Waals surface area contributed by atoms with Gasteiger partial charge in [0.1, 0.15) is 5.75 Å². The van der Waals surface area contributed by atoms with Crippen molar-refractivity contribution in [3.63, 3.8) is 0 Å². The Morgan fingerprint density at radius 2 is 1.09 bits per heavy atom. The molecule has 6 heteroatoms. The van der Waals surface area contributed by atoms with Crippen LogP contribution in [0.2, 0.25) is 0 Å². The molecule has 2 aromatic carbocycles. The van der Waals surface area contributed by atoms with Crippen LogP contribution in [-0.4, -0.2) is 30.8 Å². The van der Waals surface area contributed by atoms with E-state index >= 15 is 0 Å². The molecule has 0 unspecified atom stereocenters. The summed E-state index contributed by atoms with van der Waals surface area (Å²) >= 11 is 0. The summed E-state index contributed by atoms with van der Waals surface area (Å²) in [5.41, 5.74) is 2.44. The van der Waals surface area contributed by atoms with Crippen molar-refractivity contribution >= 4 is 18.1 Å². The Kier molecular flexibility index (Phi) is 16.5. The van der Waals surface area contributed by atoms with Gasteiger partial charge < -0.3 is 18.9 Å². The Hall–Kier alpha value is -3.80. The fourth-order valence-electron chi connectivity index (χ4n) is 4.66. The smallest absolute Gasteiger partial charge is 0.343 e. The van der Waals surface area contributed by atoms with Gasteiger partial charge in [-0.3, -0.25) is 4.98 Å². The summed E-state index contributed by atoms with van der Waals surface area (Å²) in [6.07, 6.45) is 20.7. The number of unbranched alkanes of at least 4 members (excludes halogenated alkanes) is 9. The molecule has 3 aromatic rings. The third kappa shape index (κ3) is 12.8. The van der Waals surface area contributed by atoms with Crippen LogP contribution < -0.4 is 18.9 Å². The number of benzene rings is 2. The second-order valence-electron chi connectivity index (χ2n) is 11.1. The van der Waals surface area contributed by atoms with E-state index in [1.165, 1.54) is 25.7 Å². The second-order valence-corrected chi connectivity index (χ2v) is 11.1. The minimum Gasteiger partial charge on any atom is -0.490 e. The zero-order valence-electron chi connectivity index (χ0n) is 27.0. The SMILES string of the molecule is CCCCCCOc1cc(C(=O)Oc2ccc(/C=C/c3ccncc3)cc2)cc(OCCCCCC)c1OCCCCCC. The van der Waals surface area contributed by atoms with E-state index in [2.05, 4.69) is 25.8 Å². The van der Waals surface area contributed by atoms with Crippen LogP contribution in [0.4, 0.5) is 0 Å². The van der Waals surface area contributed by atoms with Crippen molar-refractivity contribution in [3.05, 3.63) is 77.6 Å². The summed E-state index contributed by atoms with van der Waals surface area (Å²) in [6, 6.07) is 14.8. The Morgan fingerprint density at radius 3 is 1.59 bits per heavy atom. The van der Waals surface area contributed by atoms with Gasteiger partial charge >= 0.3 is 5.97 Å². The van der Waals surface area contributed by atoms with Crippen molar-refractivity contribution in [1.29, 1.82) is 0 Å². The minimum absolute atomic E-state index is 0.372. The third-order valence-corrected chi connectivity index (χ3v) is 7.28. The van der Waals surface area contributed by atoms with Crippen LogP contribution in [0.15, 0.2) is 60.9 Å². The molecule has 1 aromatic heterocycles. The van der Waals surface area contributed by atoms with Gasteiger partial charge in [0.2, 0.25) is 5.75 Å². The van der Waals surface area contributed by atoms with E-state index < -0.39 is 5.97 Å². The number of carbonyl (C=O) groups is 1. The molecule has 0 N–H and O–H groups in total. The molecule has 44 heavy (non-hydrogen) atoms. The van der Waals surface area contributed by atoms with E-state index in [1.54, 1.807) is 36.7 Å². The van der Waals surface area contributed by atoms with E-state index in [0.717, 1.165) is 62.5 Å². The van der Waals surface area contributed by atoms with Gasteiger partial charge in [0.05, 0.1) is 25.4 Å². The van der Waals surface area contributed by atoms with E-state index in [9.17, 15) is 4.79 Å². The van der Waals surface area contributed by atoms with Crippen LogP contribution >= 0.6 is 0 Å². The first kappa shape index (κ1) is 34.7. The lowest BCUT2D eigenvalue weighted by Gasteiger charge is -2.19. The lowest BCUT2D eigenvalue weighted by Crippen LogP contribution is -2.12. The molecule has 0 bridgehead atoms. The second kappa shape index (κ2) is 21.0. The Morgan fingerprint density at radius 1 is 0.614 bits per heavy atom. The number of carbonyl (C=O) groups excluding carboxylic acids is 1. The first-order valence-electron chi connectivity index (χ1n) is 16.6. The lowest BCUT2D eigenvalue weighted by atomic mass is 10.1. The maximum absolute atomic E-state index is 13.4. The summed E-state index contributed by atoms with van der Waals surface area (Å²) in [7, 11) is 0. The highest BCUT2D eigenvalue weighted by molar-refractivity contribution is 5.92. The molecular formula is C38H51NO5. The van der Waals surface area contributed by atoms with Gasteiger partial charge in [0.25, 0.3) is 0 Å². The molecule has 0 saturated heterocycles. The van der Waals surface area contributed by atoms with Crippen molar-refractivity contribution in [2.24, 2.45) is 0 Å². The van der Waals surface area contributed by atoms with Crippen LogP contribution in [-0.2, 0) is 0 Å². The summed E-state index contributed by atoms with van der Waals surface area (Å²) in [4.78, 5) is 17.4. The number of pyridine rings is 1. The van der Waals surface area contributed by atoms with Gasteiger partial charge in [-0.05, 0) is 66.8 Å². The Bertz CT molecular complexity index is 1200. The van der Waals surface area contributed by atoms with Crippen molar-refractivity contribution in [2.75, 3.05) is 19.8 Å². The van der Waals surface area contributed by atoms with Crippen molar-refractivity contribution < 1.29 is 23.7 Å². The molecule has 0 aliphatic carbocycles. The summed E-state index contributed by atoms with van der Waals surface area (Å²) in [5, 5.41) is 0. The average Bonchev–Trinajstić information content (AvgIpc) is 3.05. The fraction of sp³-hybridized carbons (Fsp3) is 0.474. The first-order chi connectivity index (χ1) is 21.6. The largest absolute Gasteiger partial charge is 0.490 e. The predicted octanol–water partition coefficient (Wildman–Crippen LogP) is 10.3. The molecule has 0 fully saturated rings. The highest BCUT2D eigenvalue weighted by Gasteiger charge is 2.20. The topological polar surface area (TPSA) is 66.9 Å². The van der Waals surface area contributed by atoms with Crippen LogP contribution in [0, 0.1) is 0 Å². The number of esters is 1. The van der Waals surface area contributed by atoms with Crippen LogP contribution in [0.1, 0.15) is 119 Å². The fourth-order valence-corrected chi connectivity index (χ4v) is 4.66. The highest BCUT2D eigenvalue weighted by Crippen LogP contribution is 2.40. The van der Waals surface area contributed by atoms with E-state index in [4.69, 9.17) is 18.9 Å². The number of nitrogens with zero attached hydrogens (tertiary/aromatic N) is 1. The molecule has 0 aliphatic rings. The molecule has 3 rings (SSSR count). The zero-order chi connectivity index (χ0) is 31.2. The molecule has 0 atom stereocenters. The van der Waals surface area contributed by atoms with Gasteiger partial charge in [-0.15, -0.1) is 0 Å². The highest BCUT2D eigenvalue weighted by atomic mass is 16.5. The van der Waals surface area contributed by atoms with Gasteiger partial charge in [-0.25, -0.2) is 4.79 Å². The van der Waals surface area contributed by atoms with Crippen LogP contribution in [0.5, 0.6) is 23.0 Å². The van der Waals surface area contributed by atoms with Gasteiger partial charge in [-0.1, -0.05) is 103 Å². The van der Waals surface area contributed by atoms with Crippen molar-refractivity contribution in [2.45, 2.75) is 97.8 Å². The van der Waals surface area contributed by atoms with Gasteiger partial charge in [0, 0.05) is 12.4 Å². The van der Waals surface area contributed by atoms with Gasteiger partial charge in [0.15, 0.2) is 11.5 Å². The van der Waals surface area contributed by atoms with E-state index in [-0.39, 0.29) is 0 Å². The summed E-state index contributed by atoms with van der Waals surface area (Å²) in [5.74, 6) is 1.65. The quantitative estimate of drug-likeness (QED) is 0.0648. The molecule has 0 amide bonds. The van der Waals surface area contributed by atoms with Crippen molar-refractivity contribution in [3.8, 4) is 23.0 Å². The lowest BCUT2D eigenvalue weighted by molar-refractivity contribution is 0.0733. The standard InChI is InChI=1S/C38H51NO5/c1-4-7-10-13-26-41-35-29-33(30-36(42-27-14-11-8-5-2)37(35)43-28-15-12-9-6-3)38(40)44-34-20-18-31(19-21-34)16-17-32-22-24-39-25-23-32/h16-25,29-30H,4-15,26-28H2,1-3H3/b17-16+. The predicted molar refractivity (Wildman–Crippen MR) is 180 cm³/mol. The summed E-state index contributed by atoms with van der Waals surface area (Å²) in [6.45, 7) is 8.26. The molecule has 0 radical (unpaired) electrons. The minimum atomic E-state index is -0.466. The molecular weight excluding hydrogens is 550 g/mol. The van der Waals surface area contributed by atoms with Gasteiger partial charge in [-0.2, -0.15) is 0 Å². The monoisotopic (exact) mass is 601 g/mol. The summed E-state index contributed by atoms with van der Waals surface area (Å²) < 4.78 is 24.6. The molecule has 6 nitrogen and oxygen atoms in total. The van der Waals surface area contributed by atoms with Crippen LogP contribution in [0.25, 0.3) is 12.2 Å². The normalized spacial score (nSPS) is 11.1. The Balaban J connectivity index is 1.78. The number of ether oxygens (including phenoxy) is 4. The van der Waals surface area contributed by atoms with E-state index in [1.807, 2.05) is 36.4 Å². The number of hydrogen-bond acceptors (Lipinski definition) is 6. The van der Waals surface area contributed by atoms with Crippen LogP contribution in [0.3, 0.4) is 0 Å². The molecule has 0 saturated carbocycles. The van der Waals surface area contributed by atoms with E-state index in [0.29, 0.717) is 48.4 Å². The molecule has 238 valence electrons. The Labute approximate surface area is 264 Å². The number of rotatable bonds is 22. The molecule has 1 heterocycles. The van der Waals surface area contributed by atoms with Crippen molar-refractivity contribution in [1.82, 2.24) is 4.98 Å². The maximum atomic E-state index is 13.4. The first-order valence-corrected chi connectivity index (χ1v) is 16.6. The zero-order valence-corrected chi connectivity index (χ0v) is 27.0. The molecule has 0 aliphatic heterocycles. The average molecular weight is 602 g/mol. The maximum Gasteiger partial charge on any atom is 0.343 e. The molecule has 0 spiro atoms. The third-order valence-electron chi connectivity index (χ3n) is 7.28. The number of aromatic nitrogens is 1. The number of hydrogen-bond donors (Lipinski definition) is 0.